The highest BCUT2D eigenvalue weighted by Gasteiger charge is 2.14. The second-order valence-electron chi connectivity index (χ2n) is 4.18. The molecule has 0 spiro atoms. The van der Waals surface area contributed by atoms with Crippen LogP contribution in [0, 0.1) is 11.6 Å². The highest BCUT2D eigenvalue weighted by atomic mass is 79.9. The van der Waals surface area contributed by atoms with Crippen LogP contribution in [0.2, 0.25) is 5.02 Å². The zero-order chi connectivity index (χ0) is 14.0. The molecular weight excluding hydrogens is 336 g/mol. The van der Waals surface area contributed by atoms with Crippen LogP contribution in [0.15, 0.2) is 40.9 Å². The highest BCUT2D eigenvalue weighted by Crippen LogP contribution is 2.26. The largest absolute Gasteiger partial charge is 0.324 e. The second-order valence-corrected chi connectivity index (χ2v) is 5.45. The minimum absolute atomic E-state index is 0.215. The van der Waals surface area contributed by atoms with Gasteiger partial charge in [0.05, 0.1) is 4.47 Å². The van der Waals surface area contributed by atoms with Crippen LogP contribution in [0.4, 0.5) is 8.78 Å². The summed E-state index contributed by atoms with van der Waals surface area (Å²) in [6.45, 7) is 0. The summed E-state index contributed by atoms with van der Waals surface area (Å²) in [4.78, 5) is 0. The molecule has 0 bridgehead atoms. The normalized spacial score (nSPS) is 12.5. The minimum atomic E-state index is -0.517. The Morgan fingerprint density at radius 1 is 1.16 bits per heavy atom. The van der Waals surface area contributed by atoms with Gasteiger partial charge in [-0.15, -0.1) is 0 Å². The molecule has 0 saturated heterocycles. The van der Waals surface area contributed by atoms with E-state index in [0.717, 1.165) is 0 Å². The van der Waals surface area contributed by atoms with E-state index in [1.807, 2.05) is 0 Å². The third-order valence-corrected chi connectivity index (χ3v) is 3.85. The molecule has 0 fully saturated rings. The SMILES string of the molecule is NC(Cc1c(F)cccc1Cl)c1ccc(Br)c(F)c1. The molecule has 1 unspecified atom stereocenters. The minimum Gasteiger partial charge on any atom is -0.324 e. The third kappa shape index (κ3) is 3.32. The van der Waals surface area contributed by atoms with Crippen molar-refractivity contribution in [1.29, 1.82) is 0 Å². The lowest BCUT2D eigenvalue weighted by molar-refractivity contribution is 0.588. The van der Waals surface area contributed by atoms with Gasteiger partial charge in [-0.3, -0.25) is 0 Å². The molecule has 0 aliphatic carbocycles. The molecule has 2 N–H and O–H groups in total. The van der Waals surface area contributed by atoms with Gasteiger partial charge in [-0.2, -0.15) is 0 Å². The van der Waals surface area contributed by atoms with Crippen molar-refractivity contribution in [2.75, 3.05) is 0 Å². The van der Waals surface area contributed by atoms with Crippen molar-refractivity contribution in [3.05, 3.63) is 68.7 Å². The lowest BCUT2D eigenvalue weighted by Gasteiger charge is -2.14. The maximum Gasteiger partial charge on any atom is 0.137 e. The van der Waals surface area contributed by atoms with Gasteiger partial charge in [0.2, 0.25) is 0 Å². The lowest BCUT2D eigenvalue weighted by Crippen LogP contribution is -2.14. The van der Waals surface area contributed by atoms with Gasteiger partial charge in [0.25, 0.3) is 0 Å². The summed E-state index contributed by atoms with van der Waals surface area (Å²) in [6, 6.07) is 8.57. The van der Waals surface area contributed by atoms with Gasteiger partial charge in [0.1, 0.15) is 11.6 Å². The first-order valence-electron chi connectivity index (χ1n) is 5.62. The van der Waals surface area contributed by atoms with Crippen LogP contribution < -0.4 is 5.73 Å². The van der Waals surface area contributed by atoms with E-state index in [1.165, 1.54) is 18.2 Å². The molecule has 0 saturated carbocycles. The first kappa shape index (κ1) is 14.4. The van der Waals surface area contributed by atoms with Gasteiger partial charge < -0.3 is 5.73 Å². The van der Waals surface area contributed by atoms with E-state index in [-0.39, 0.29) is 6.42 Å². The van der Waals surface area contributed by atoms with Crippen LogP contribution in [0.1, 0.15) is 17.2 Å². The second kappa shape index (κ2) is 5.99. The van der Waals surface area contributed by atoms with Gasteiger partial charge >= 0.3 is 0 Å². The van der Waals surface area contributed by atoms with E-state index in [0.29, 0.717) is 20.6 Å². The predicted octanol–water partition coefficient (Wildman–Crippen LogP) is 4.62. The van der Waals surface area contributed by atoms with Gasteiger partial charge in [-0.1, -0.05) is 23.7 Å². The van der Waals surface area contributed by atoms with Crippen LogP contribution in [0.25, 0.3) is 0 Å². The summed E-state index contributed by atoms with van der Waals surface area (Å²) in [6.07, 6.45) is 0.215. The Morgan fingerprint density at radius 3 is 2.53 bits per heavy atom. The van der Waals surface area contributed by atoms with Gasteiger partial charge in [-0.25, -0.2) is 8.78 Å². The summed E-state index contributed by atoms with van der Waals surface area (Å²) >= 11 is 9.01. The monoisotopic (exact) mass is 345 g/mol. The van der Waals surface area contributed by atoms with Gasteiger partial charge in [-0.05, 0) is 52.2 Å². The number of nitrogens with two attached hydrogens (primary N) is 1. The van der Waals surface area contributed by atoms with Gasteiger partial charge in [0, 0.05) is 16.6 Å². The Labute approximate surface area is 123 Å². The fourth-order valence-corrected chi connectivity index (χ4v) is 2.29. The van der Waals surface area contributed by atoms with E-state index in [4.69, 9.17) is 17.3 Å². The van der Waals surface area contributed by atoms with Crippen LogP contribution in [-0.4, -0.2) is 0 Å². The third-order valence-electron chi connectivity index (χ3n) is 2.86. The van der Waals surface area contributed by atoms with Crippen molar-refractivity contribution in [2.45, 2.75) is 12.5 Å². The van der Waals surface area contributed by atoms with Crippen LogP contribution in [0.5, 0.6) is 0 Å². The van der Waals surface area contributed by atoms with Crippen LogP contribution in [0.3, 0.4) is 0 Å². The molecule has 0 amide bonds. The Bertz CT molecular complexity index is 584. The summed E-state index contributed by atoms with van der Waals surface area (Å²) in [7, 11) is 0. The van der Waals surface area contributed by atoms with E-state index in [1.54, 1.807) is 18.2 Å². The molecule has 0 aliphatic heterocycles. The zero-order valence-corrected chi connectivity index (χ0v) is 12.2. The zero-order valence-electron chi connectivity index (χ0n) is 9.84. The summed E-state index contributed by atoms with van der Waals surface area (Å²) in [5.41, 5.74) is 6.92. The first-order chi connectivity index (χ1) is 8.99. The van der Waals surface area contributed by atoms with Crippen molar-refractivity contribution < 1.29 is 8.78 Å². The molecule has 1 atom stereocenters. The summed E-state index contributed by atoms with van der Waals surface area (Å²) < 4.78 is 27.5. The molecule has 0 heterocycles. The topological polar surface area (TPSA) is 26.0 Å². The van der Waals surface area contributed by atoms with Crippen LogP contribution in [-0.2, 0) is 6.42 Å². The van der Waals surface area contributed by atoms with Crippen LogP contribution >= 0.6 is 27.5 Å². The quantitative estimate of drug-likeness (QED) is 0.862. The molecule has 1 nitrogen and oxygen atoms in total. The molecule has 100 valence electrons. The maximum atomic E-state index is 13.6. The fourth-order valence-electron chi connectivity index (χ4n) is 1.81. The first-order valence-corrected chi connectivity index (χ1v) is 6.79. The van der Waals surface area contributed by atoms with Crippen molar-refractivity contribution >= 4 is 27.5 Å². The molecular formula is C14H11BrClF2N. The molecule has 2 aromatic carbocycles. The molecule has 2 rings (SSSR count). The summed E-state index contributed by atoms with van der Waals surface area (Å²) in [5.74, 6) is -0.798. The average Bonchev–Trinajstić information content (AvgIpc) is 2.37. The number of rotatable bonds is 3. The van der Waals surface area contributed by atoms with Crippen molar-refractivity contribution in [3.63, 3.8) is 0 Å². The average molecular weight is 347 g/mol. The van der Waals surface area contributed by atoms with E-state index >= 15 is 0 Å². The molecule has 0 radical (unpaired) electrons. The molecule has 5 heteroatoms. The summed E-state index contributed by atoms with van der Waals surface area (Å²) in [5, 5.41) is 0.327. The van der Waals surface area contributed by atoms with Crippen molar-refractivity contribution in [2.24, 2.45) is 5.73 Å². The Balaban J connectivity index is 2.25. The lowest BCUT2D eigenvalue weighted by atomic mass is 9.99. The van der Waals surface area contributed by atoms with Gasteiger partial charge in [0.15, 0.2) is 0 Å². The molecule has 0 aromatic heterocycles. The molecule has 19 heavy (non-hydrogen) atoms. The maximum absolute atomic E-state index is 13.6. The number of benzene rings is 2. The Morgan fingerprint density at radius 2 is 1.89 bits per heavy atom. The highest BCUT2D eigenvalue weighted by molar-refractivity contribution is 9.10. The number of hydrogen-bond donors (Lipinski definition) is 1. The Kier molecular flexibility index (Phi) is 4.55. The van der Waals surface area contributed by atoms with E-state index in [9.17, 15) is 8.78 Å². The molecule has 0 aliphatic rings. The predicted molar refractivity (Wildman–Crippen MR) is 76.1 cm³/mol. The number of halogens is 4. The Hall–Kier alpha value is -0.970. The van der Waals surface area contributed by atoms with E-state index in [2.05, 4.69) is 15.9 Å². The standard InChI is InChI=1S/C14H11BrClF2N/c15-10-5-4-8(6-13(10)18)14(19)7-9-11(16)2-1-3-12(9)17/h1-6,14H,7,19H2. The molecule has 2 aromatic rings. The van der Waals surface area contributed by atoms with E-state index < -0.39 is 17.7 Å². The smallest absolute Gasteiger partial charge is 0.137 e. The number of hydrogen-bond acceptors (Lipinski definition) is 1. The fraction of sp³-hybridized carbons (Fsp3) is 0.143. The van der Waals surface area contributed by atoms with Crippen molar-refractivity contribution in [3.8, 4) is 0 Å². The van der Waals surface area contributed by atoms with Crippen molar-refractivity contribution in [1.82, 2.24) is 0 Å².